The van der Waals surface area contributed by atoms with Gasteiger partial charge in [0.05, 0.1) is 14.6 Å². The van der Waals surface area contributed by atoms with Crippen LogP contribution in [0, 0.1) is 0 Å². The number of aromatic nitrogens is 1. The highest BCUT2D eigenvalue weighted by molar-refractivity contribution is 7.89. The molecule has 2 aliphatic rings. The van der Waals surface area contributed by atoms with Crippen molar-refractivity contribution >= 4 is 54.2 Å². The summed E-state index contributed by atoms with van der Waals surface area (Å²) in [5, 5.41) is 1.56. The molecular formula is C25H29ClN4O3S2. The third-order valence-electron chi connectivity index (χ3n) is 7.06. The van der Waals surface area contributed by atoms with E-state index in [1.165, 1.54) is 10.7 Å². The molecule has 1 saturated heterocycles. The van der Waals surface area contributed by atoms with Crippen molar-refractivity contribution in [2.75, 3.05) is 38.1 Å². The van der Waals surface area contributed by atoms with Gasteiger partial charge in [-0.25, -0.2) is 13.4 Å². The van der Waals surface area contributed by atoms with Crippen LogP contribution in [-0.4, -0.2) is 67.8 Å². The van der Waals surface area contributed by atoms with Crippen molar-refractivity contribution in [1.82, 2.24) is 14.2 Å². The summed E-state index contributed by atoms with van der Waals surface area (Å²) in [6.07, 6.45) is 5.12. The summed E-state index contributed by atoms with van der Waals surface area (Å²) >= 11 is 7.88. The number of sulfonamides is 1. The molecule has 1 aliphatic carbocycles. The number of carbonyl (C=O) groups excluding carboxylic acids is 1. The Morgan fingerprint density at radius 2 is 1.71 bits per heavy atom. The fourth-order valence-corrected chi connectivity index (χ4v) is 7.63. The maximum absolute atomic E-state index is 13.1. The molecule has 7 nitrogen and oxygen atoms in total. The third-order valence-corrected chi connectivity index (χ3v) is 10.4. The van der Waals surface area contributed by atoms with Gasteiger partial charge in [-0.3, -0.25) is 4.79 Å². The highest BCUT2D eigenvalue weighted by Gasteiger charge is 2.30. The minimum atomic E-state index is -3.57. The van der Waals surface area contributed by atoms with Gasteiger partial charge in [-0.2, -0.15) is 4.31 Å². The summed E-state index contributed by atoms with van der Waals surface area (Å²) in [4.78, 5) is 22.0. The Kier molecular flexibility index (Phi) is 7.03. The molecule has 1 aromatic heterocycles. The van der Waals surface area contributed by atoms with E-state index in [2.05, 4.69) is 4.90 Å². The predicted molar refractivity (Wildman–Crippen MR) is 141 cm³/mol. The number of piperazine rings is 1. The lowest BCUT2D eigenvalue weighted by Gasteiger charge is -2.34. The van der Waals surface area contributed by atoms with E-state index in [0.29, 0.717) is 36.8 Å². The first-order valence-electron chi connectivity index (χ1n) is 12.0. The lowest BCUT2D eigenvalue weighted by atomic mass is 9.96. The van der Waals surface area contributed by atoms with E-state index in [0.717, 1.165) is 41.0 Å². The number of nitrogens with zero attached hydrogens (tertiary/aromatic N) is 4. The van der Waals surface area contributed by atoms with E-state index in [-0.39, 0.29) is 16.8 Å². The second-order valence-corrected chi connectivity index (χ2v) is 12.6. The molecule has 186 valence electrons. The largest absolute Gasteiger partial charge is 0.345 e. The van der Waals surface area contributed by atoms with Crippen LogP contribution in [0.3, 0.4) is 0 Å². The molecule has 2 heterocycles. The van der Waals surface area contributed by atoms with Crippen LogP contribution in [0.5, 0.6) is 0 Å². The zero-order valence-corrected chi connectivity index (χ0v) is 22.1. The fraction of sp³-hybridized carbons (Fsp3) is 0.440. The first-order chi connectivity index (χ1) is 16.8. The summed E-state index contributed by atoms with van der Waals surface area (Å²) in [5.41, 5.74) is 1.32. The summed E-state index contributed by atoms with van der Waals surface area (Å²) in [6.45, 7) is 2.52. The number of fused-ring (bicyclic) bond motifs is 1. The van der Waals surface area contributed by atoms with Crippen LogP contribution in [-0.2, 0) is 10.0 Å². The maximum atomic E-state index is 13.1. The van der Waals surface area contributed by atoms with Crippen molar-refractivity contribution in [2.24, 2.45) is 0 Å². The van der Waals surface area contributed by atoms with Crippen LogP contribution in [0.2, 0.25) is 5.02 Å². The zero-order valence-electron chi connectivity index (χ0n) is 19.7. The molecule has 10 heteroatoms. The first kappa shape index (κ1) is 24.5. The number of rotatable bonds is 5. The molecule has 5 rings (SSSR count). The van der Waals surface area contributed by atoms with Gasteiger partial charge in [0.25, 0.3) is 5.91 Å². The smallest absolute Gasteiger partial charge is 0.253 e. The fourth-order valence-electron chi connectivity index (χ4n) is 4.90. The topological polar surface area (TPSA) is 73.8 Å². The predicted octanol–water partition coefficient (Wildman–Crippen LogP) is 4.87. The van der Waals surface area contributed by atoms with E-state index >= 15 is 0 Å². The molecule has 0 bridgehead atoms. The monoisotopic (exact) mass is 532 g/mol. The summed E-state index contributed by atoms with van der Waals surface area (Å²) in [5.74, 6) is -0.0819. The molecule has 1 amide bonds. The molecule has 1 aliphatic heterocycles. The van der Waals surface area contributed by atoms with Crippen molar-refractivity contribution in [3.63, 3.8) is 0 Å². The van der Waals surface area contributed by atoms with Crippen molar-refractivity contribution in [1.29, 1.82) is 0 Å². The van der Waals surface area contributed by atoms with Gasteiger partial charge in [0.15, 0.2) is 5.13 Å². The van der Waals surface area contributed by atoms with Crippen molar-refractivity contribution in [3.8, 4) is 0 Å². The highest BCUT2D eigenvalue weighted by atomic mass is 35.5. The summed E-state index contributed by atoms with van der Waals surface area (Å²) in [6, 6.07) is 12.2. The average molecular weight is 533 g/mol. The van der Waals surface area contributed by atoms with Crippen LogP contribution >= 0.6 is 22.9 Å². The standard InChI is InChI=1S/C25H29ClN4O3S2/c1-28(19-6-3-2-4-7-19)35(32,33)20-12-10-18(11-13-20)24(31)29-14-16-30(17-15-29)25-27-23-21(26)8-5-9-22(23)34-25/h5,8-13,19H,2-4,6-7,14-17H2,1H3. The molecule has 2 fully saturated rings. The van der Waals surface area contributed by atoms with Gasteiger partial charge in [-0.1, -0.05) is 48.3 Å². The number of benzene rings is 2. The van der Waals surface area contributed by atoms with Crippen molar-refractivity contribution < 1.29 is 13.2 Å². The average Bonchev–Trinajstić information content (AvgIpc) is 3.34. The molecule has 0 atom stereocenters. The lowest BCUT2D eigenvalue weighted by molar-refractivity contribution is 0.0746. The van der Waals surface area contributed by atoms with E-state index in [4.69, 9.17) is 16.6 Å². The first-order valence-corrected chi connectivity index (χ1v) is 14.7. The normalized spacial score (nSPS) is 17.9. The molecule has 0 spiro atoms. The van der Waals surface area contributed by atoms with Crippen LogP contribution in [0.15, 0.2) is 47.4 Å². The van der Waals surface area contributed by atoms with Crippen LogP contribution in [0.1, 0.15) is 42.5 Å². The lowest BCUT2D eigenvalue weighted by Crippen LogP contribution is -2.48. The van der Waals surface area contributed by atoms with Gasteiger partial charge in [0.1, 0.15) is 5.52 Å². The number of anilines is 1. The summed E-state index contributed by atoms with van der Waals surface area (Å²) in [7, 11) is -1.90. The molecule has 3 aromatic rings. The zero-order chi connectivity index (χ0) is 24.6. The Balaban J connectivity index is 1.22. The number of thiazole rings is 1. The Bertz CT molecular complexity index is 1310. The molecule has 0 unspecified atom stereocenters. The van der Waals surface area contributed by atoms with Gasteiger partial charge in [-0.05, 0) is 49.2 Å². The Hall–Kier alpha value is -2.20. The van der Waals surface area contributed by atoms with E-state index in [9.17, 15) is 13.2 Å². The quantitative estimate of drug-likeness (QED) is 0.469. The Morgan fingerprint density at radius 3 is 2.37 bits per heavy atom. The van der Waals surface area contributed by atoms with Gasteiger partial charge in [-0.15, -0.1) is 0 Å². The van der Waals surface area contributed by atoms with Crippen molar-refractivity contribution in [3.05, 3.63) is 53.1 Å². The van der Waals surface area contributed by atoms with Gasteiger partial charge in [0, 0.05) is 44.8 Å². The molecule has 2 aromatic carbocycles. The summed E-state index contributed by atoms with van der Waals surface area (Å²) < 4.78 is 28.7. The van der Waals surface area contributed by atoms with E-state index in [1.54, 1.807) is 42.6 Å². The van der Waals surface area contributed by atoms with Gasteiger partial charge < -0.3 is 9.80 Å². The number of carbonyl (C=O) groups is 1. The number of para-hydroxylation sites is 1. The number of hydrogen-bond acceptors (Lipinski definition) is 6. The maximum Gasteiger partial charge on any atom is 0.253 e. The highest BCUT2D eigenvalue weighted by Crippen LogP contribution is 2.33. The number of amides is 1. The number of hydrogen-bond donors (Lipinski definition) is 0. The SMILES string of the molecule is CN(C1CCCCC1)S(=O)(=O)c1ccc(C(=O)N2CCN(c3nc4c(Cl)cccc4s3)CC2)cc1. The van der Waals surface area contributed by atoms with Crippen LogP contribution < -0.4 is 4.90 Å². The van der Waals surface area contributed by atoms with Gasteiger partial charge in [0.2, 0.25) is 10.0 Å². The number of halogens is 1. The molecule has 0 N–H and O–H groups in total. The molecule has 1 saturated carbocycles. The Labute approximate surface area is 215 Å². The molecular weight excluding hydrogens is 504 g/mol. The Morgan fingerprint density at radius 1 is 1.03 bits per heavy atom. The van der Waals surface area contributed by atoms with E-state index < -0.39 is 10.0 Å². The van der Waals surface area contributed by atoms with Crippen molar-refractivity contribution in [2.45, 2.75) is 43.0 Å². The molecule has 0 radical (unpaired) electrons. The minimum Gasteiger partial charge on any atom is -0.345 e. The third kappa shape index (κ3) is 4.91. The second-order valence-electron chi connectivity index (χ2n) is 9.20. The van der Waals surface area contributed by atoms with E-state index in [1.807, 2.05) is 23.1 Å². The minimum absolute atomic E-state index is 0.0535. The van der Waals surface area contributed by atoms with Crippen LogP contribution in [0.25, 0.3) is 10.2 Å². The second kappa shape index (κ2) is 10.0. The van der Waals surface area contributed by atoms with Gasteiger partial charge >= 0.3 is 0 Å². The van der Waals surface area contributed by atoms with Crippen LogP contribution in [0.4, 0.5) is 5.13 Å². The molecule has 35 heavy (non-hydrogen) atoms.